The van der Waals surface area contributed by atoms with Gasteiger partial charge in [-0.15, -0.1) is 0 Å². The third-order valence-electron chi connectivity index (χ3n) is 4.99. The molecule has 1 aromatic heterocycles. The molecule has 0 saturated carbocycles. The van der Waals surface area contributed by atoms with E-state index < -0.39 is 5.60 Å². The van der Waals surface area contributed by atoms with Crippen LogP contribution >= 0.6 is 0 Å². The monoisotopic (exact) mass is 275 g/mol. The van der Waals surface area contributed by atoms with Crippen molar-refractivity contribution in [2.24, 2.45) is 5.92 Å². The van der Waals surface area contributed by atoms with Gasteiger partial charge in [-0.1, -0.05) is 19.9 Å². The summed E-state index contributed by atoms with van der Waals surface area (Å²) in [7, 11) is 0. The van der Waals surface area contributed by atoms with Crippen molar-refractivity contribution in [3.63, 3.8) is 0 Å². The molecule has 20 heavy (non-hydrogen) atoms. The first kappa shape index (κ1) is 13.8. The van der Waals surface area contributed by atoms with Crippen LogP contribution in [0.15, 0.2) is 12.1 Å². The van der Waals surface area contributed by atoms with E-state index in [1.165, 1.54) is 5.56 Å². The molecule has 3 rings (SSSR count). The number of piperazine rings is 1. The lowest BCUT2D eigenvalue weighted by atomic mass is 9.88. The molecule has 2 aliphatic heterocycles. The Morgan fingerprint density at radius 3 is 2.85 bits per heavy atom. The maximum atomic E-state index is 10.7. The highest BCUT2D eigenvalue weighted by atomic mass is 16.3. The molecule has 1 saturated heterocycles. The van der Waals surface area contributed by atoms with Crippen LogP contribution in [0.1, 0.15) is 39.0 Å². The minimum atomic E-state index is -0.871. The molecule has 2 unspecified atom stereocenters. The minimum absolute atomic E-state index is 0.144. The van der Waals surface area contributed by atoms with Crippen molar-refractivity contribution in [2.75, 3.05) is 18.0 Å². The van der Waals surface area contributed by atoms with Crippen molar-refractivity contribution in [1.29, 1.82) is 0 Å². The Morgan fingerprint density at radius 2 is 2.15 bits per heavy atom. The average molecular weight is 275 g/mol. The van der Waals surface area contributed by atoms with E-state index in [1.54, 1.807) is 0 Å². The van der Waals surface area contributed by atoms with Crippen molar-refractivity contribution in [1.82, 2.24) is 10.3 Å². The highest BCUT2D eigenvalue weighted by Crippen LogP contribution is 2.36. The molecule has 110 valence electrons. The molecular weight excluding hydrogens is 250 g/mol. The van der Waals surface area contributed by atoms with Crippen LogP contribution in [-0.2, 0) is 12.0 Å². The number of rotatable bonds is 2. The van der Waals surface area contributed by atoms with Gasteiger partial charge in [0.25, 0.3) is 0 Å². The number of aromatic nitrogens is 1. The summed E-state index contributed by atoms with van der Waals surface area (Å²) >= 11 is 0. The fraction of sp³-hybridized carbons (Fsp3) is 0.688. The van der Waals surface area contributed by atoms with Crippen LogP contribution < -0.4 is 10.2 Å². The van der Waals surface area contributed by atoms with Crippen molar-refractivity contribution in [2.45, 2.75) is 51.8 Å². The van der Waals surface area contributed by atoms with Crippen molar-refractivity contribution in [3.05, 3.63) is 23.4 Å². The van der Waals surface area contributed by atoms with Crippen molar-refractivity contribution >= 4 is 5.82 Å². The van der Waals surface area contributed by atoms with E-state index in [4.69, 9.17) is 4.98 Å². The molecule has 4 heteroatoms. The lowest BCUT2D eigenvalue weighted by molar-refractivity contribution is 0.00495. The van der Waals surface area contributed by atoms with Crippen LogP contribution in [0.4, 0.5) is 5.82 Å². The second kappa shape index (κ2) is 4.71. The Bertz CT molecular complexity index is 512. The first-order valence-corrected chi connectivity index (χ1v) is 7.63. The van der Waals surface area contributed by atoms with Gasteiger partial charge in [0.1, 0.15) is 11.4 Å². The van der Waals surface area contributed by atoms with Gasteiger partial charge >= 0.3 is 0 Å². The van der Waals surface area contributed by atoms with E-state index in [2.05, 4.69) is 23.2 Å². The number of nitrogens with zero attached hydrogens (tertiary/aromatic N) is 2. The number of fused-ring (bicyclic) bond motifs is 3. The summed E-state index contributed by atoms with van der Waals surface area (Å²) in [5.74, 6) is 1.23. The number of nitrogens with one attached hydrogen (secondary N) is 1. The zero-order chi connectivity index (χ0) is 14.5. The van der Waals surface area contributed by atoms with Crippen LogP contribution in [0.5, 0.6) is 0 Å². The van der Waals surface area contributed by atoms with Crippen molar-refractivity contribution < 1.29 is 5.11 Å². The quantitative estimate of drug-likeness (QED) is 0.862. The summed E-state index contributed by atoms with van der Waals surface area (Å²) in [5, 5.41) is 14.1. The van der Waals surface area contributed by atoms with E-state index in [0.29, 0.717) is 12.1 Å². The predicted octanol–water partition coefficient (Wildman–Crippen LogP) is 1.67. The number of pyridine rings is 1. The summed E-state index contributed by atoms with van der Waals surface area (Å²) < 4.78 is 0. The lowest BCUT2D eigenvalue weighted by Crippen LogP contribution is -2.55. The summed E-state index contributed by atoms with van der Waals surface area (Å²) in [6.07, 6.45) is 1.06. The van der Waals surface area contributed by atoms with Crippen LogP contribution in [-0.4, -0.2) is 35.3 Å². The molecule has 1 fully saturated rings. The maximum Gasteiger partial charge on any atom is 0.132 e. The fourth-order valence-corrected chi connectivity index (χ4v) is 3.26. The first-order valence-electron chi connectivity index (χ1n) is 7.63. The SMILES string of the molecule is CC1CNCC2Cc3ccc([C@](C)(O)C(C)C)nc3N12. The van der Waals surface area contributed by atoms with Crippen LogP contribution in [0, 0.1) is 5.92 Å². The summed E-state index contributed by atoms with van der Waals surface area (Å²) in [5.41, 5.74) is 1.23. The molecule has 0 amide bonds. The van der Waals surface area contributed by atoms with E-state index in [9.17, 15) is 5.11 Å². The van der Waals surface area contributed by atoms with Gasteiger partial charge in [-0.25, -0.2) is 4.98 Å². The maximum absolute atomic E-state index is 10.7. The molecule has 0 radical (unpaired) electrons. The van der Waals surface area contributed by atoms with Gasteiger partial charge < -0.3 is 15.3 Å². The van der Waals surface area contributed by atoms with E-state index in [-0.39, 0.29) is 5.92 Å². The van der Waals surface area contributed by atoms with Gasteiger partial charge in [0.15, 0.2) is 0 Å². The summed E-state index contributed by atoms with van der Waals surface area (Å²) in [6, 6.07) is 5.12. The largest absolute Gasteiger partial charge is 0.384 e. The highest BCUT2D eigenvalue weighted by Gasteiger charge is 2.38. The molecule has 0 spiro atoms. The third-order valence-corrected chi connectivity index (χ3v) is 4.99. The Morgan fingerprint density at radius 1 is 1.40 bits per heavy atom. The van der Waals surface area contributed by atoms with E-state index >= 15 is 0 Å². The lowest BCUT2D eigenvalue weighted by Gasteiger charge is -2.38. The summed E-state index contributed by atoms with van der Waals surface area (Å²) in [4.78, 5) is 7.27. The molecule has 3 atom stereocenters. The van der Waals surface area contributed by atoms with Crippen LogP contribution in [0.3, 0.4) is 0 Å². The number of hydrogen-bond donors (Lipinski definition) is 2. The van der Waals surface area contributed by atoms with E-state index in [1.807, 2.05) is 26.8 Å². The normalized spacial score (nSPS) is 28.2. The molecule has 0 bridgehead atoms. The minimum Gasteiger partial charge on any atom is -0.384 e. The topological polar surface area (TPSA) is 48.4 Å². The second-order valence-electron chi connectivity index (χ2n) is 6.75. The highest BCUT2D eigenvalue weighted by molar-refractivity contribution is 5.56. The Balaban J connectivity index is 2.00. The molecule has 0 aliphatic carbocycles. The zero-order valence-corrected chi connectivity index (χ0v) is 12.8. The number of anilines is 1. The third kappa shape index (κ3) is 2.02. The zero-order valence-electron chi connectivity index (χ0n) is 12.8. The Kier molecular flexibility index (Phi) is 3.26. The fourth-order valence-electron chi connectivity index (χ4n) is 3.26. The summed E-state index contributed by atoms with van der Waals surface area (Å²) in [6.45, 7) is 10.2. The smallest absolute Gasteiger partial charge is 0.132 e. The molecule has 3 heterocycles. The average Bonchev–Trinajstić information content (AvgIpc) is 2.77. The second-order valence-corrected chi connectivity index (χ2v) is 6.75. The Labute approximate surface area is 121 Å². The Hall–Kier alpha value is -1.13. The molecule has 2 N–H and O–H groups in total. The van der Waals surface area contributed by atoms with E-state index in [0.717, 1.165) is 31.0 Å². The van der Waals surface area contributed by atoms with Gasteiger partial charge in [-0.05, 0) is 37.8 Å². The van der Waals surface area contributed by atoms with Gasteiger partial charge in [0.2, 0.25) is 0 Å². The van der Waals surface area contributed by atoms with Gasteiger partial charge in [0.05, 0.1) is 5.69 Å². The van der Waals surface area contributed by atoms with Gasteiger partial charge in [0, 0.05) is 25.2 Å². The van der Waals surface area contributed by atoms with Gasteiger partial charge in [-0.3, -0.25) is 0 Å². The van der Waals surface area contributed by atoms with Crippen LogP contribution in [0.2, 0.25) is 0 Å². The molecule has 2 aliphatic rings. The predicted molar refractivity (Wildman–Crippen MR) is 80.9 cm³/mol. The van der Waals surface area contributed by atoms with Crippen molar-refractivity contribution in [3.8, 4) is 0 Å². The molecular formula is C16H25N3O. The first-order chi connectivity index (χ1) is 9.41. The standard InChI is InChI=1S/C16H25N3O/c1-10(2)16(4,20)14-6-5-12-7-13-9-17-8-11(3)19(13)15(12)18-14/h5-6,10-11,13,17,20H,7-9H2,1-4H3/t11?,13?,16-/m1/s1. The number of hydrogen-bond acceptors (Lipinski definition) is 4. The van der Waals surface area contributed by atoms with Crippen LogP contribution in [0.25, 0.3) is 0 Å². The van der Waals surface area contributed by atoms with Gasteiger partial charge in [-0.2, -0.15) is 0 Å². The molecule has 0 aromatic carbocycles. The number of aliphatic hydroxyl groups is 1. The molecule has 1 aromatic rings. The molecule has 4 nitrogen and oxygen atoms in total.